The Hall–Kier alpha value is -1.67. The molecule has 0 bridgehead atoms. The van der Waals surface area contributed by atoms with Crippen molar-refractivity contribution in [3.8, 4) is 0 Å². The van der Waals surface area contributed by atoms with Crippen molar-refractivity contribution in [2.24, 2.45) is 5.92 Å². The Balaban J connectivity index is 1.88. The summed E-state index contributed by atoms with van der Waals surface area (Å²) in [6.07, 6.45) is 2.99. The van der Waals surface area contributed by atoms with E-state index in [1.807, 2.05) is 18.3 Å². The second-order valence-corrected chi connectivity index (χ2v) is 5.77. The van der Waals surface area contributed by atoms with Crippen molar-refractivity contribution in [1.29, 1.82) is 0 Å². The molecule has 0 aliphatic rings. The summed E-state index contributed by atoms with van der Waals surface area (Å²) >= 11 is 0. The Kier molecular flexibility index (Phi) is 5.31. The lowest BCUT2D eigenvalue weighted by Gasteiger charge is -2.13. The quantitative estimate of drug-likeness (QED) is 0.852. The largest absolute Gasteiger partial charge is 0.305 e. The van der Waals surface area contributed by atoms with E-state index in [-0.39, 0.29) is 6.04 Å². The summed E-state index contributed by atoms with van der Waals surface area (Å²) < 4.78 is 0. The van der Waals surface area contributed by atoms with E-state index in [4.69, 9.17) is 0 Å². The highest BCUT2D eigenvalue weighted by atomic mass is 14.9. The molecule has 0 aliphatic heterocycles. The molecule has 0 spiro atoms. The number of hydrogen-bond donors (Lipinski definition) is 1. The third-order valence-corrected chi connectivity index (χ3v) is 3.41. The molecule has 0 amide bonds. The minimum Gasteiger partial charge on any atom is -0.305 e. The maximum atomic E-state index is 4.38. The highest BCUT2D eigenvalue weighted by molar-refractivity contribution is 5.23. The molecule has 20 heavy (non-hydrogen) atoms. The molecule has 1 unspecified atom stereocenters. The molecule has 0 saturated heterocycles. The van der Waals surface area contributed by atoms with Crippen LogP contribution in [0.4, 0.5) is 0 Å². The lowest BCUT2D eigenvalue weighted by molar-refractivity contribution is 0.561. The molecule has 0 saturated carbocycles. The minimum atomic E-state index is 0.270. The molecule has 2 heteroatoms. The van der Waals surface area contributed by atoms with Crippen molar-refractivity contribution < 1.29 is 0 Å². The molecule has 106 valence electrons. The van der Waals surface area contributed by atoms with Gasteiger partial charge in [0.1, 0.15) is 0 Å². The van der Waals surface area contributed by atoms with E-state index in [2.05, 4.69) is 61.4 Å². The van der Waals surface area contributed by atoms with Crippen LogP contribution in [-0.4, -0.2) is 4.98 Å². The van der Waals surface area contributed by atoms with Crippen LogP contribution >= 0.6 is 0 Å². The first-order valence-corrected chi connectivity index (χ1v) is 7.37. The Bertz CT molecular complexity index is 503. The monoisotopic (exact) mass is 268 g/mol. The van der Waals surface area contributed by atoms with Crippen molar-refractivity contribution in [1.82, 2.24) is 10.3 Å². The number of benzene rings is 1. The van der Waals surface area contributed by atoms with Gasteiger partial charge in [-0.3, -0.25) is 4.98 Å². The number of rotatable bonds is 6. The summed E-state index contributed by atoms with van der Waals surface area (Å²) in [5.41, 5.74) is 3.82. The second-order valence-electron chi connectivity index (χ2n) is 5.77. The van der Waals surface area contributed by atoms with Gasteiger partial charge >= 0.3 is 0 Å². The van der Waals surface area contributed by atoms with Crippen molar-refractivity contribution in [3.05, 3.63) is 65.5 Å². The second kappa shape index (κ2) is 7.20. The first-order valence-electron chi connectivity index (χ1n) is 7.37. The predicted octanol–water partition coefficient (Wildman–Crippen LogP) is 4.13. The van der Waals surface area contributed by atoms with Gasteiger partial charge in [-0.25, -0.2) is 0 Å². The van der Waals surface area contributed by atoms with E-state index in [1.165, 1.54) is 11.1 Å². The average Bonchev–Trinajstić information content (AvgIpc) is 2.46. The fourth-order valence-corrected chi connectivity index (χ4v) is 2.27. The first kappa shape index (κ1) is 14.7. The highest BCUT2D eigenvalue weighted by Crippen LogP contribution is 2.12. The van der Waals surface area contributed by atoms with Gasteiger partial charge in [0.05, 0.1) is 5.69 Å². The highest BCUT2D eigenvalue weighted by Gasteiger charge is 2.05. The molecule has 1 heterocycles. The third kappa shape index (κ3) is 4.46. The van der Waals surface area contributed by atoms with Gasteiger partial charge in [0.15, 0.2) is 0 Å². The van der Waals surface area contributed by atoms with Gasteiger partial charge in [-0.05, 0) is 42.5 Å². The zero-order chi connectivity index (χ0) is 14.4. The van der Waals surface area contributed by atoms with Gasteiger partial charge in [0.25, 0.3) is 0 Å². The van der Waals surface area contributed by atoms with Gasteiger partial charge in [0, 0.05) is 18.8 Å². The third-order valence-electron chi connectivity index (χ3n) is 3.41. The van der Waals surface area contributed by atoms with Gasteiger partial charge in [-0.1, -0.05) is 44.2 Å². The SMILES string of the molecule is CC(C)Cc1ccc(CNC(C)c2ccccn2)cc1. The summed E-state index contributed by atoms with van der Waals surface area (Å²) in [5.74, 6) is 0.711. The predicted molar refractivity (Wildman–Crippen MR) is 84.5 cm³/mol. The van der Waals surface area contributed by atoms with Gasteiger partial charge in [0.2, 0.25) is 0 Å². The lowest BCUT2D eigenvalue weighted by atomic mass is 10.0. The molecule has 2 nitrogen and oxygen atoms in total. The molecule has 1 N–H and O–H groups in total. The zero-order valence-electron chi connectivity index (χ0n) is 12.6. The molecule has 0 fully saturated rings. The number of nitrogens with zero attached hydrogens (tertiary/aromatic N) is 1. The molecule has 0 radical (unpaired) electrons. The Morgan fingerprint density at radius 2 is 1.65 bits per heavy atom. The zero-order valence-corrected chi connectivity index (χ0v) is 12.6. The smallest absolute Gasteiger partial charge is 0.0570 e. The maximum Gasteiger partial charge on any atom is 0.0570 e. The van der Waals surface area contributed by atoms with E-state index >= 15 is 0 Å². The van der Waals surface area contributed by atoms with Crippen LogP contribution in [0.15, 0.2) is 48.7 Å². The van der Waals surface area contributed by atoms with E-state index in [9.17, 15) is 0 Å². The number of aromatic nitrogens is 1. The Morgan fingerprint density at radius 3 is 2.25 bits per heavy atom. The molecule has 1 atom stereocenters. The fourth-order valence-electron chi connectivity index (χ4n) is 2.27. The molecule has 1 aromatic heterocycles. The van der Waals surface area contributed by atoms with Crippen molar-refractivity contribution in [3.63, 3.8) is 0 Å². The maximum absolute atomic E-state index is 4.38. The van der Waals surface area contributed by atoms with Crippen LogP contribution in [-0.2, 0) is 13.0 Å². The van der Waals surface area contributed by atoms with Gasteiger partial charge in [-0.15, -0.1) is 0 Å². The van der Waals surface area contributed by atoms with Crippen LogP contribution in [0.2, 0.25) is 0 Å². The number of pyridine rings is 1. The topological polar surface area (TPSA) is 24.9 Å². The van der Waals surface area contributed by atoms with Crippen LogP contribution in [0.1, 0.15) is 43.6 Å². The molecule has 0 aliphatic carbocycles. The summed E-state index contributed by atoms with van der Waals surface area (Å²) in [7, 11) is 0. The van der Waals surface area contributed by atoms with E-state index in [0.29, 0.717) is 5.92 Å². The van der Waals surface area contributed by atoms with Gasteiger partial charge < -0.3 is 5.32 Å². The van der Waals surface area contributed by atoms with Gasteiger partial charge in [-0.2, -0.15) is 0 Å². The lowest BCUT2D eigenvalue weighted by Crippen LogP contribution is -2.18. The van der Waals surface area contributed by atoms with Crippen molar-refractivity contribution >= 4 is 0 Å². The minimum absolute atomic E-state index is 0.270. The molecule has 2 rings (SSSR count). The molecule has 2 aromatic rings. The van der Waals surface area contributed by atoms with E-state index in [1.54, 1.807) is 0 Å². The number of nitrogens with one attached hydrogen (secondary N) is 1. The summed E-state index contributed by atoms with van der Waals surface area (Å²) in [4.78, 5) is 4.38. The molecular formula is C18H24N2. The average molecular weight is 268 g/mol. The van der Waals surface area contributed by atoms with Crippen LogP contribution in [0.5, 0.6) is 0 Å². The van der Waals surface area contributed by atoms with Crippen LogP contribution in [0.25, 0.3) is 0 Å². The standard InChI is InChI=1S/C18H24N2/c1-14(2)12-16-7-9-17(10-8-16)13-20-15(3)18-6-4-5-11-19-18/h4-11,14-15,20H,12-13H2,1-3H3. The fraction of sp³-hybridized carbons (Fsp3) is 0.389. The van der Waals surface area contributed by atoms with Crippen LogP contribution < -0.4 is 5.32 Å². The summed E-state index contributed by atoms with van der Waals surface area (Å²) in [6, 6.07) is 15.2. The first-order chi connectivity index (χ1) is 9.65. The van der Waals surface area contributed by atoms with Crippen molar-refractivity contribution in [2.75, 3.05) is 0 Å². The summed E-state index contributed by atoms with van der Waals surface area (Å²) in [5, 5.41) is 3.51. The van der Waals surface area contributed by atoms with E-state index in [0.717, 1.165) is 18.7 Å². The Labute approximate surface area is 122 Å². The molecule has 1 aromatic carbocycles. The number of hydrogen-bond acceptors (Lipinski definition) is 2. The van der Waals surface area contributed by atoms with E-state index < -0.39 is 0 Å². The Morgan fingerprint density at radius 1 is 0.950 bits per heavy atom. The molecular weight excluding hydrogens is 244 g/mol. The normalized spacial score (nSPS) is 12.6. The van der Waals surface area contributed by atoms with Crippen LogP contribution in [0, 0.1) is 5.92 Å². The summed E-state index contributed by atoms with van der Waals surface area (Å²) in [6.45, 7) is 7.53. The van der Waals surface area contributed by atoms with Crippen LogP contribution in [0.3, 0.4) is 0 Å². The van der Waals surface area contributed by atoms with Crippen molar-refractivity contribution in [2.45, 2.75) is 39.8 Å².